The van der Waals surface area contributed by atoms with E-state index in [1.807, 2.05) is 6.07 Å². The number of nitrogens with zero attached hydrogens (tertiary/aromatic N) is 1. The van der Waals surface area contributed by atoms with Crippen LogP contribution >= 0.6 is 11.6 Å². The first-order valence-corrected chi connectivity index (χ1v) is 7.21. The minimum absolute atomic E-state index is 0.177. The highest BCUT2D eigenvalue weighted by Crippen LogP contribution is 2.38. The maximum Gasteiger partial charge on any atom is 0.302 e. The lowest BCUT2D eigenvalue weighted by atomic mass is 9.98. The Labute approximate surface area is 123 Å². The molecule has 2 unspecified atom stereocenters. The predicted molar refractivity (Wildman–Crippen MR) is 77.2 cm³/mol. The number of fused-ring (bicyclic) bond motifs is 1. The van der Waals surface area contributed by atoms with Gasteiger partial charge in [0.25, 0.3) is 0 Å². The first-order chi connectivity index (χ1) is 9.63. The lowest BCUT2D eigenvalue weighted by Crippen LogP contribution is -2.09. The van der Waals surface area contributed by atoms with Gasteiger partial charge in [-0.1, -0.05) is 17.7 Å². The Morgan fingerprint density at radius 3 is 3.15 bits per heavy atom. The molecule has 1 aromatic heterocycles. The zero-order valence-corrected chi connectivity index (χ0v) is 12.1. The number of nitrogens with one attached hydrogen (secondary N) is 1. The van der Waals surface area contributed by atoms with E-state index in [-0.39, 0.29) is 12.6 Å². The first-order valence-electron chi connectivity index (χ1n) is 6.83. The van der Waals surface area contributed by atoms with E-state index < -0.39 is 0 Å². The largest absolute Gasteiger partial charge is 0.461 e. The zero-order valence-electron chi connectivity index (χ0n) is 11.4. The third-order valence-electron chi connectivity index (χ3n) is 4.00. The topological polar surface area (TPSA) is 51.2 Å². The van der Waals surface area contributed by atoms with E-state index in [4.69, 9.17) is 16.3 Å². The Bertz CT molecular complexity index is 571. The van der Waals surface area contributed by atoms with Gasteiger partial charge < -0.3 is 10.1 Å². The molecule has 4 nitrogen and oxygen atoms in total. The fraction of sp³-hybridized carbons (Fsp3) is 0.467. The molecule has 0 aromatic carbocycles. The van der Waals surface area contributed by atoms with Crippen LogP contribution in [0.15, 0.2) is 18.3 Å². The second-order valence-corrected chi connectivity index (χ2v) is 5.79. The van der Waals surface area contributed by atoms with Crippen LogP contribution in [0.3, 0.4) is 0 Å². The van der Waals surface area contributed by atoms with Gasteiger partial charge in [0.2, 0.25) is 0 Å². The summed E-state index contributed by atoms with van der Waals surface area (Å²) in [6, 6.07) is 1.98. The summed E-state index contributed by atoms with van der Waals surface area (Å²) in [5.74, 6) is 1.03. The Kier molecular flexibility index (Phi) is 3.76. The fourth-order valence-corrected chi connectivity index (χ4v) is 3.10. The molecule has 5 heteroatoms. The van der Waals surface area contributed by atoms with Crippen LogP contribution in [0.2, 0.25) is 5.15 Å². The molecule has 1 N–H and O–H groups in total. The highest BCUT2D eigenvalue weighted by molar-refractivity contribution is 6.30. The number of aromatic nitrogens is 1. The molecular formula is C15H17ClN2O2. The van der Waals surface area contributed by atoms with Crippen molar-refractivity contribution in [3.05, 3.63) is 34.6 Å². The average molecular weight is 293 g/mol. The maximum atomic E-state index is 10.9. The molecule has 2 heterocycles. The smallest absolute Gasteiger partial charge is 0.302 e. The molecule has 2 aliphatic rings. The number of allylic oxidation sites excluding steroid dienone is 1. The third kappa shape index (κ3) is 2.72. The summed E-state index contributed by atoms with van der Waals surface area (Å²) in [6.07, 6.45) is 5.22. The SMILES string of the molecule is CC(=O)OCc1cc(C2=CC3CNCC3C2)cnc1Cl. The van der Waals surface area contributed by atoms with Crippen molar-refractivity contribution in [1.82, 2.24) is 10.3 Å². The van der Waals surface area contributed by atoms with Gasteiger partial charge in [-0.15, -0.1) is 0 Å². The second kappa shape index (κ2) is 5.54. The molecule has 1 aliphatic carbocycles. The van der Waals surface area contributed by atoms with Crippen molar-refractivity contribution in [3.8, 4) is 0 Å². The normalized spacial score (nSPS) is 24.4. The minimum Gasteiger partial charge on any atom is -0.461 e. The molecular weight excluding hydrogens is 276 g/mol. The van der Waals surface area contributed by atoms with Gasteiger partial charge in [0.15, 0.2) is 0 Å². The van der Waals surface area contributed by atoms with E-state index in [2.05, 4.69) is 16.4 Å². The quantitative estimate of drug-likeness (QED) is 0.687. The number of carbonyl (C=O) groups excluding carboxylic acids is 1. The number of rotatable bonds is 3. The van der Waals surface area contributed by atoms with E-state index in [1.54, 1.807) is 6.20 Å². The molecule has 1 aliphatic heterocycles. The fourth-order valence-electron chi connectivity index (χ4n) is 2.94. The van der Waals surface area contributed by atoms with Crippen molar-refractivity contribution in [2.45, 2.75) is 20.0 Å². The maximum absolute atomic E-state index is 10.9. The van der Waals surface area contributed by atoms with E-state index in [1.165, 1.54) is 12.5 Å². The van der Waals surface area contributed by atoms with Gasteiger partial charge in [-0.2, -0.15) is 0 Å². The monoisotopic (exact) mass is 292 g/mol. The van der Waals surface area contributed by atoms with Crippen LogP contribution in [0.1, 0.15) is 24.5 Å². The number of pyridine rings is 1. The van der Waals surface area contributed by atoms with Gasteiger partial charge in [0.1, 0.15) is 11.8 Å². The predicted octanol–water partition coefficient (Wildman–Crippen LogP) is 2.42. The molecule has 1 saturated heterocycles. The van der Waals surface area contributed by atoms with Crippen LogP contribution < -0.4 is 5.32 Å². The summed E-state index contributed by atoms with van der Waals surface area (Å²) < 4.78 is 5.01. The molecule has 20 heavy (non-hydrogen) atoms. The van der Waals surface area contributed by atoms with E-state index >= 15 is 0 Å². The van der Waals surface area contributed by atoms with Crippen molar-refractivity contribution in [1.29, 1.82) is 0 Å². The van der Waals surface area contributed by atoms with Gasteiger partial charge in [0.05, 0.1) is 0 Å². The van der Waals surface area contributed by atoms with E-state index in [0.717, 1.165) is 30.6 Å². The number of carbonyl (C=O) groups is 1. The molecule has 0 spiro atoms. The standard InChI is InChI=1S/C15H17ClN2O2/c1-9(19)20-8-14-4-13(7-18-15(14)16)10-2-11-5-17-6-12(11)3-10/h2,4,7,11-12,17H,3,5-6,8H2,1H3. The van der Waals surface area contributed by atoms with Crippen molar-refractivity contribution >= 4 is 23.1 Å². The molecule has 0 saturated carbocycles. The lowest BCUT2D eigenvalue weighted by molar-refractivity contribution is -0.142. The van der Waals surface area contributed by atoms with Gasteiger partial charge in [-0.25, -0.2) is 4.98 Å². The summed E-state index contributed by atoms with van der Waals surface area (Å²) in [7, 11) is 0. The third-order valence-corrected chi connectivity index (χ3v) is 4.34. The Morgan fingerprint density at radius 1 is 1.55 bits per heavy atom. The molecule has 2 atom stereocenters. The highest BCUT2D eigenvalue weighted by Gasteiger charge is 2.32. The second-order valence-electron chi connectivity index (χ2n) is 5.43. The van der Waals surface area contributed by atoms with Crippen LogP contribution in [-0.4, -0.2) is 24.0 Å². The van der Waals surface area contributed by atoms with Crippen molar-refractivity contribution in [2.75, 3.05) is 13.1 Å². The van der Waals surface area contributed by atoms with Gasteiger partial charge >= 0.3 is 5.97 Å². The summed E-state index contributed by atoms with van der Waals surface area (Å²) in [4.78, 5) is 15.1. The van der Waals surface area contributed by atoms with Gasteiger partial charge in [0, 0.05) is 25.2 Å². The van der Waals surface area contributed by atoms with Crippen molar-refractivity contribution < 1.29 is 9.53 Å². The van der Waals surface area contributed by atoms with Crippen LogP contribution in [0, 0.1) is 11.8 Å². The average Bonchev–Trinajstić information content (AvgIpc) is 2.98. The molecule has 1 fully saturated rings. The number of hydrogen-bond donors (Lipinski definition) is 1. The molecule has 0 radical (unpaired) electrons. The lowest BCUT2D eigenvalue weighted by Gasteiger charge is -2.09. The number of ether oxygens (including phenoxy) is 1. The van der Waals surface area contributed by atoms with E-state index in [9.17, 15) is 4.79 Å². The molecule has 1 aromatic rings. The minimum atomic E-state index is -0.313. The summed E-state index contributed by atoms with van der Waals surface area (Å²) in [5.41, 5.74) is 3.18. The van der Waals surface area contributed by atoms with E-state index in [0.29, 0.717) is 17.0 Å². The summed E-state index contributed by atoms with van der Waals surface area (Å²) in [5, 5.41) is 3.81. The number of esters is 1. The highest BCUT2D eigenvalue weighted by atomic mass is 35.5. The molecule has 0 bridgehead atoms. The van der Waals surface area contributed by atoms with Crippen molar-refractivity contribution in [2.24, 2.45) is 11.8 Å². The Morgan fingerprint density at radius 2 is 2.40 bits per heavy atom. The van der Waals surface area contributed by atoms with Crippen LogP contribution in [0.4, 0.5) is 0 Å². The Balaban J connectivity index is 1.80. The zero-order chi connectivity index (χ0) is 14.1. The molecule has 106 valence electrons. The van der Waals surface area contributed by atoms with Crippen LogP contribution in [0.5, 0.6) is 0 Å². The van der Waals surface area contributed by atoms with Crippen LogP contribution in [-0.2, 0) is 16.1 Å². The summed E-state index contributed by atoms with van der Waals surface area (Å²) in [6.45, 7) is 3.72. The van der Waals surface area contributed by atoms with Gasteiger partial charge in [-0.05, 0) is 42.0 Å². The number of halogens is 1. The van der Waals surface area contributed by atoms with Crippen LogP contribution in [0.25, 0.3) is 5.57 Å². The molecule has 0 amide bonds. The number of hydrogen-bond acceptors (Lipinski definition) is 4. The van der Waals surface area contributed by atoms with Gasteiger partial charge in [-0.3, -0.25) is 4.79 Å². The Hall–Kier alpha value is -1.39. The first kappa shape index (κ1) is 13.6. The molecule has 3 rings (SSSR count). The summed E-state index contributed by atoms with van der Waals surface area (Å²) >= 11 is 6.05. The van der Waals surface area contributed by atoms with Crippen molar-refractivity contribution in [3.63, 3.8) is 0 Å².